The van der Waals surface area contributed by atoms with Gasteiger partial charge in [0, 0.05) is 7.11 Å². The number of hydrogen-bond donors (Lipinski definition) is 0. The van der Waals surface area contributed by atoms with E-state index in [0.717, 1.165) is 11.5 Å². The fourth-order valence-corrected chi connectivity index (χ4v) is 1.62. The lowest BCUT2D eigenvalue weighted by atomic mass is 10.1. The zero-order chi connectivity index (χ0) is 9.97. The van der Waals surface area contributed by atoms with Crippen molar-refractivity contribution < 1.29 is 4.74 Å². The van der Waals surface area contributed by atoms with Crippen molar-refractivity contribution in [2.45, 2.75) is 24.9 Å². The second kappa shape index (κ2) is 3.81. The van der Waals surface area contributed by atoms with Crippen LogP contribution in [0.25, 0.3) is 0 Å². The van der Waals surface area contributed by atoms with Crippen molar-refractivity contribution in [2.24, 2.45) is 0 Å². The van der Waals surface area contributed by atoms with Crippen molar-refractivity contribution in [3.05, 3.63) is 35.4 Å². The lowest BCUT2D eigenvalue weighted by Crippen LogP contribution is -1.97. The molecular weight excluding hydrogens is 174 g/mol. The van der Waals surface area contributed by atoms with Crippen LogP contribution in [-0.2, 0) is 4.74 Å². The van der Waals surface area contributed by atoms with Crippen molar-refractivity contribution in [3.8, 4) is 6.07 Å². The maximum Gasteiger partial charge on any atom is 0.168 e. The molecule has 2 heteroatoms. The minimum absolute atomic E-state index is 0.428. The summed E-state index contributed by atoms with van der Waals surface area (Å²) < 4.78 is 5.04. The van der Waals surface area contributed by atoms with Gasteiger partial charge in [-0.15, -0.1) is 0 Å². The molecule has 0 saturated heterocycles. The molecule has 0 N–H and O–H groups in total. The Bertz CT molecular complexity index is 346. The Morgan fingerprint density at radius 1 is 1.36 bits per heavy atom. The van der Waals surface area contributed by atoms with Crippen LogP contribution in [0.3, 0.4) is 0 Å². The number of rotatable bonds is 3. The fourth-order valence-electron chi connectivity index (χ4n) is 1.62. The van der Waals surface area contributed by atoms with Gasteiger partial charge in [-0.3, -0.25) is 0 Å². The average Bonchev–Trinajstić information content (AvgIpc) is 3.04. The summed E-state index contributed by atoms with van der Waals surface area (Å²) in [7, 11) is 1.56. The summed E-state index contributed by atoms with van der Waals surface area (Å²) in [5, 5.41) is 8.80. The van der Waals surface area contributed by atoms with E-state index in [9.17, 15) is 0 Å². The first-order chi connectivity index (χ1) is 6.85. The van der Waals surface area contributed by atoms with Gasteiger partial charge in [0.25, 0.3) is 0 Å². The zero-order valence-electron chi connectivity index (χ0n) is 8.23. The van der Waals surface area contributed by atoms with Crippen molar-refractivity contribution in [2.75, 3.05) is 7.11 Å². The van der Waals surface area contributed by atoms with Gasteiger partial charge in [0.05, 0.1) is 6.07 Å². The van der Waals surface area contributed by atoms with Gasteiger partial charge in [-0.1, -0.05) is 24.3 Å². The normalized spacial score (nSPS) is 17.4. The van der Waals surface area contributed by atoms with Crippen molar-refractivity contribution >= 4 is 0 Å². The molecule has 1 unspecified atom stereocenters. The summed E-state index contributed by atoms with van der Waals surface area (Å²) in [6.07, 6.45) is 2.19. The van der Waals surface area contributed by atoms with Gasteiger partial charge < -0.3 is 4.74 Å². The monoisotopic (exact) mass is 187 g/mol. The Kier molecular flexibility index (Phi) is 2.51. The molecule has 0 radical (unpaired) electrons. The van der Waals surface area contributed by atoms with E-state index in [1.165, 1.54) is 18.4 Å². The molecule has 1 aromatic rings. The van der Waals surface area contributed by atoms with E-state index < -0.39 is 6.10 Å². The van der Waals surface area contributed by atoms with Crippen LogP contribution >= 0.6 is 0 Å². The van der Waals surface area contributed by atoms with Crippen molar-refractivity contribution in [3.63, 3.8) is 0 Å². The van der Waals surface area contributed by atoms with Crippen LogP contribution in [0.1, 0.15) is 36.0 Å². The quantitative estimate of drug-likeness (QED) is 0.729. The lowest BCUT2D eigenvalue weighted by molar-refractivity contribution is 0.148. The van der Waals surface area contributed by atoms with Gasteiger partial charge in [0.1, 0.15) is 0 Å². The summed E-state index contributed by atoms with van der Waals surface area (Å²) in [6, 6.07) is 10.3. The van der Waals surface area contributed by atoms with Crippen LogP contribution < -0.4 is 0 Å². The third-order valence-electron chi connectivity index (χ3n) is 2.64. The Balaban J connectivity index is 2.16. The first kappa shape index (κ1) is 9.23. The second-order valence-electron chi connectivity index (χ2n) is 3.69. The highest BCUT2D eigenvalue weighted by Crippen LogP contribution is 2.40. The van der Waals surface area contributed by atoms with Crippen LogP contribution in [0, 0.1) is 11.3 Å². The van der Waals surface area contributed by atoms with E-state index in [-0.39, 0.29) is 0 Å². The molecule has 0 aliphatic heterocycles. The maximum atomic E-state index is 8.80. The van der Waals surface area contributed by atoms with E-state index in [0.29, 0.717) is 0 Å². The number of benzene rings is 1. The zero-order valence-corrected chi connectivity index (χ0v) is 8.23. The van der Waals surface area contributed by atoms with Gasteiger partial charge in [-0.2, -0.15) is 5.26 Å². The Hall–Kier alpha value is -1.33. The third-order valence-corrected chi connectivity index (χ3v) is 2.64. The summed E-state index contributed by atoms with van der Waals surface area (Å²) in [4.78, 5) is 0. The Morgan fingerprint density at radius 3 is 2.43 bits per heavy atom. The van der Waals surface area contributed by atoms with E-state index in [1.807, 2.05) is 12.1 Å². The molecule has 0 amide bonds. The number of hydrogen-bond acceptors (Lipinski definition) is 2. The van der Waals surface area contributed by atoms with Crippen molar-refractivity contribution in [1.82, 2.24) is 0 Å². The molecular formula is C12H13NO. The standard InChI is InChI=1S/C12H13NO/c1-14-12(8-13)11-6-4-10(5-7-11)9-2-3-9/h4-7,9,12H,2-3H2,1H3. The number of nitrogens with zero attached hydrogens (tertiary/aromatic N) is 1. The first-order valence-corrected chi connectivity index (χ1v) is 4.87. The summed E-state index contributed by atoms with van der Waals surface area (Å²) in [5.41, 5.74) is 2.33. The van der Waals surface area contributed by atoms with E-state index in [4.69, 9.17) is 10.00 Å². The molecule has 0 bridgehead atoms. The molecule has 1 atom stereocenters. The highest BCUT2D eigenvalue weighted by atomic mass is 16.5. The van der Waals surface area contributed by atoms with Crippen LogP contribution in [0.2, 0.25) is 0 Å². The Labute approximate surface area is 84.1 Å². The van der Waals surface area contributed by atoms with E-state index in [1.54, 1.807) is 7.11 Å². The summed E-state index contributed by atoms with van der Waals surface area (Å²) >= 11 is 0. The molecule has 0 spiro atoms. The largest absolute Gasteiger partial charge is 0.362 e. The molecule has 0 aromatic heterocycles. The van der Waals surface area contributed by atoms with E-state index >= 15 is 0 Å². The third kappa shape index (κ3) is 1.78. The lowest BCUT2D eigenvalue weighted by Gasteiger charge is -2.07. The molecule has 1 saturated carbocycles. The predicted molar refractivity (Wildman–Crippen MR) is 53.8 cm³/mol. The fraction of sp³-hybridized carbons (Fsp3) is 0.417. The first-order valence-electron chi connectivity index (χ1n) is 4.87. The van der Waals surface area contributed by atoms with Gasteiger partial charge >= 0.3 is 0 Å². The second-order valence-corrected chi connectivity index (χ2v) is 3.69. The smallest absolute Gasteiger partial charge is 0.168 e. The molecule has 72 valence electrons. The minimum atomic E-state index is -0.428. The molecule has 0 heterocycles. The van der Waals surface area contributed by atoms with Crippen molar-refractivity contribution in [1.29, 1.82) is 5.26 Å². The Morgan fingerprint density at radius 2 is 2.00 bits per heavy atom. The SMILES string of the molecule is COC(C#N)c1ccc(C2CC2)cc1. The topological polar surface area (TPSA) is 33.0 Å². The maximum absolute atomic E-state index is 8.80. The minimum Gasteiger partial charge on any atom is -0.362 e. The van der Waals surface area contributed by atoms with Gasteiger partial charge in [-0.25, -0.2) is 0 Å². The summed E-state index contributed by atoms with van der Waals surface area (Å²) in [5.74, 6) is 0.770. The predicted octanol–water partition coefficient (Wildman–Crippen LogP) is 2.78. The number of ether oxygens (including phenoxy) is 1. The van der Waals surface area contributed by atoms with Gasteiger partial charge in [-0.05, 0) is 29.9 Å². The summed E-state index contributed by atoms with van der Waals surface area (Å²) in [6.45, 7) is 0. The average molecular weight is 187 g/mol. The van der Waals surface area contributed by atoms with Gasteiger partial charge in [0.15, 0.2) is 6.10 Å². The van der Waals surface area contributed by atoms with Crippen LogP contribution in [0.5, 0.6) is 0 Å². The molecule has 2 rings (SSSR count). The number of methoxy groups -OCH3 is 1. The van der Waals surface area contributed by atoms with Gasteiger partial charge in [0.2, 0.25) is 0 Å². The molecule has 2 nitrogen and oxygen atoms in total. The van der Waals surface area contributed by atoms with Crippen LogP contribution in [0.15, 0.2) is 24.3 Å². The number of nitriles is 1. The molecule has 1 aliphatic rings. The molecule has 1 fully saturated rings. The van der Waals surface area contributed by atoms with Crippen LogP contribution in [0.4, 0.5) is 0 Å². The molecule has 14 heavy (non-hydrogen) atoms. The highest BCUT2D eigenvalue weighted by Gasteiger charge is 2.23. The van der Waals surface area contributed by atoms with Crippen LogP contribution in [-0.4, -0.2) is 7.11 Å². The molecule has 1 aliphatic carbocycles. The molecule has 1 aromatic carbocycles. The van der Waals surface area contributed by atoms with E-state index in [2.05, 4.69) is 18.2 Å². The highest BCUT2D eigenvalue weighted by molar-refractivity contribution is 5.30.